The summed E-state index contributed by atoms with van der Waals surface area (Å²) in [5, 5.41) is 2.99. The lowest BCUT2D eigenvalue weighted by atomic mass is 10.3. The highest BCUT2D eigenvalue weighted by atomic mass is 35.5. The zero-order valence-electron chi connectivity index (χ0n) is 12.6. The third-order valence-corrected chi connectivity index (χ3v) is 5.63. The minimum atomic E-state index is -0.152. The van der Waals surface area contributed by atoms with E-state index in [4.69, 9.17) is 11.6 Å². The van der Waals surface area contributed by atoms with Gasteiger partial charge in [0.2, 0.25) is 5.91 Å². The molecule has 1 aromatic carbocycles. The van der Waals surface area contributed by atoms with E-state index in [1.807, 2.05) is 19.9 Å². The normalized spacial score (nSPS) is 11.1. The first-order valence-corrected chi connectivity index (χ1v) is 9.08. The van der Waals surface area contributed by atoms with Gasteiger partial charge in [0.15, 0.2) is 5.13 Å². The minimum Gasteiger partial charge on any atom is -0.294 e. The quantitative estimate of drug-likeness (QED) is 0.708. The van der Waals surface area contributed by atoms with Crippen molar-refractivity contribution in [3.63, 3.8) is 0 Å². The van der Waals surface area contributed by atoms with E-state index < -0.39 is 0 Å². The van der Waals surface area contributed by atoms with Crippen LogP contribution in [0.3, 0.4) is 0 Å². The minimum absolute atomic E-state index is 0.0265. The van der Waals surface area contributed by atoms with Gasteiger partial charge in [0.05, 0.1) is 10.2 Å². The Morgan fingerprint density at radius 1 is 1.43 bits per heavy atom. The molecule has 0 radical (unpaired) electrons. The van der Waals surface area contributed by atoms with Crippen molar-refractivity contribution in [1.29, 1.82) is 0 Å². The van der Waals surface area contributed by atoms with Crippen LogP contribution in [-0.4, -0.2) is 22.0 Å². The van der Waals surface area contributed by atoms with E-state index in [9.17, 15) is 9.59 Å². The molecule has 3 aromatic rings. The summed E-state index contributed by atoms with van der Waals surface area (Å²) in [6.07, 6.45) is 0. The van der Waals surface area contributed by atoms with Crippen LogP contribution in [0.4, 0.5) is 5.13 Å². The van der Waals surface area contributed by atoms with Gasteiger partial charge < -0.3 is 0 Å². The van der Waals surface area contributed by atoms with Crippen LogP contribution >= 0.6 is 34.3 Å². The molecule has 0 fully saturated rings. The van der Waals surface area contributed by atoms with E-state index in [2.05, 4.69) is 4.98 Å². The molecular formula is C15H14ClN3O2S2. The van der Waals surface area contributed by atoms with E-state index in [1.165, 1.54) is 15.9 Å². The van der Waals surface area contributed by atoms with Crippen LogP contribution in [0, 0.1) is 6.92 Å². The Bertz CT molecular complexity index is 928. The number of aromatic nitrogens is 2. The Labute approximate surface area is 145 Å². The molecule has 8 heteroatoms. The standard InChI is InChI=1S/C15H14ClN3O2S2/c1-3-18(13(20)7-19-9(2)8-22-15(19)21)14-17-11-6-10(16)4-5-12(11)23-14/h4-6,8H,3,7H2,1-2H3. The second-order valence-electron chi connectivity index (χ2n) is 4.98. The molecule has 1 amide bonds. The van der Waals surface area contributed by atoms with E-state index in [1.54, 1.807) is 22.4 Å². The topological polar surface area (TPSA) is 55.2 Å². The molecule has 0 bridgehead atoms. The molecule has 3 rings (SSSR count). The first-order valence-electron chi connectivity index (χ1n) is 7.01. The number of nitrogens with zero attached hydrogens (tertiary/aromatic N) is 3. The molecule has 0 N–H and O–H groups in total. The second-order valence-corrected chi connectivity index (χ2v) is 7.24. The number of hydrogen-bond donors (Lipinski definition) is 0. The fourth-order valence-electron chi connectivity index (χ4n) is 2.24. The molecule has 0 saturated carbocycles. The van der Waals surface area contributed by atoms with Gasteiger partial charge in [-0.05, 0) is 32.0 Å². The van der Waals surface area contributed by atoms with Crippen LogP contribution in [0.5, 0.6) is 0 Å². The van der Waals surface area contributed by atoms with Crippen molar-refractivity contribution >= 4 is 55.5 Å². The van der Waals surface area contributed by atoms with Crippen molar-refractivity contribution in [2.75, 3.05) is 11.4 Å². The molecular weight excluding hydrogens is 354 g/mol. The van der Waals surface area contributed by atoms with Crippen molar-refractivity contribution in [3.8, 4) is 0 Å². The van der Waals surface area contributed by atoms with Gasteiger partial charge in [-0.15, -0.1) is 0 Å². The van der Waals surface area contributed by atoms with Gasteiger partial charge in [-0.2, -0.15) is 0 Å². The Balaban J connectivity index is 1.91. The van der Waals surface area contributed by atoms with Crippen molar-refractivity contribution in [1.82, 2.24) is 9.55 Å². The summed E-state index contributed by atoms with van der Waals surface area (Å²) in [5.74, 6) is -0.152. The second kappa shape index (κ2) is 6.43. The van der Waals surface area contributed by atoms with E-state index >= 15 is 0 Å². The number of aryl methyl sites for hydroxylation is 1. The van der Waals surface area contributed by atoms with Gasteiger partial charge in [-0.3, -0.25) is 19.1 Å². The van der Waals surface area contributed by atoms with Crippen LogP contribution in [0.2, 0.25) is 5.02 Å². The number of rotatable bonds is 4. The zero-order valence-corrected chi connectivity index (χ0v) is 15.0. The number of halogens is 1. The summed E-state index contributed by atoms with van der Waals surface area (Å²) in [6, 6.07) is 5.48. The first kappa shape index (κ1) is 16.2. The third-order valence-electron chi connectivity index (χ3n) is 3.46. The highest BCUT2D eigenvalue weighted by Gasteiger charge is 2.20. The molecule has 0 aliphatic heterocycles. The Morgan fingerprint density at radius 3 is 2.87 bits per heavy atom. The Kier molecular flexibility index (Phi) is 4.52. The Hall–Kier alpha value is -1.70. The van der Waals surface area contributed by atoms with Gasteiger partial charge in [-0.25, -0.2) is 4.98 Å². The van der Waals surface area contributed by atoms with Crippen molar-refractivity contribution in [2.24, 2.45) is 0 Å². The van der Waals surface area contributed by atoms with Crippen LogP contribution < -0.4 is 9.77 Å². The molecule has 23 heavy (non-hydrogen) atoms. The number of benzene rings is 1. The van der Waals surface area contributed by atoms with Crippen molar-refractivity contribution < 1.29 is 4.79 Å². The van der Waals surface area contributed by atoms with Crippen molar-refractivity contribution in [2.45, 2.75) is 20.4 Å². The molecule has 0 aliphatic rings. The van der Waals surface area contributed by atoms with Crippen molar-refractivity contribution in [3.05, 3.63) is 44.0 Å². The molecule has 0 spiro atoms. The Morgan fingerprint density at radius 2 is 2.22 bits per heavy atom. The fraction of sp³-hybridized carbons (Fsp3) is 0.267. The average molecular weight is 368 g/mol. The molecule has 120 valence electrons. The number of carbonyl (C=O) groups excluding carboxylic acids is 1. The molecule has 2 aromatic heterocycles. The summed E-state index contributed by atoms with van der Waals surface area (Å²) in [6.45, 7) is 4.23. The third kappa shape index (κ3) is 3.17. The number of likely N-dealkylation sites (N-methyl/N-ethyl adjacent to an activating group) is 1. The molecule has 0 saturated heterocycles. The molecule has 0 aliphatic carbocycles. The fourth-order valence-corrected chi connectivity index (χ4v) is 4.17. The number of anilines is 1. The van der Waals surface area contributed by atoms with Gasteiger partial charge >= 0.3 is 4.87 Å². The van der Waals surface area contributed by atoms with Crippen LogP contribution in [-0.2, 0) is 11.3 Å². The summed E-state index contributed by atoms with van der Waals surface area (Å²) in [5.41, 5.74) is 1.56. The SMILES string of the molecule is CCN(C(=O)Cn1c(C)csc1=O)c1nc2cc(Cl)ccc2s1. The molecule has 0 atom stereocenters. The lowest BCUT2D eigenvalue weighted by Crippen LogP contribution is -2.35. The number of carbonyl (C=O) groups is 1. The summed E-state index contributed by atoms with van der Waals surface area (Å²) >= 11 is 8.52. The van der Waals surface area contributed by atoms with E-state index in [-0.39, 0.29) is 17.3 Å². The van der Waals surface area contributed by atoms with Gasteiger partial charge in [0.25, 0.3) is 0 Å². The molecule has 5 nitrogen and oxygen atoms in total. The number of thiazole rings is 2. The highest BCUT2D eigenvalue weighted by molar-refractivity contribution is 7.22. The monoisotopic (exact) mass is 367 g/mol. The zero-order chi connectivity index (χ0) is 16.6. The maximum atomic E-state index is 12.6. The van der Waals surface area contributed by atoms with Crippen LogP contribution in [0.15, 0.2) is 28.4 Å². The smallest absolute Gasteiger partial charge is 0.294 e. The summed E-state index contributed by atoms with van der Waals surface area (Å²) in [7, 11) is 0. The molecule has 0 unspecified atom stereocenters. The van der Waals surface area contributed by atoms with E-state index in [0.29, 0.717) is 16.7 Å². The van der Waals surface area contributed by atoms with Crippen LogP contribution in [0.1, 0.15) is 12.6 Å². The predicted octanol–water partition coefficient (Wildman–Crippen LogP) is 3.53. The molecule has 2 heterocycles. The summed E-state index contributed by atoms with van der Waals surface area (Å²) in [4.78, 5) is 30.4. The lowest BCUT2D eigenvalue weighted by molar-refractivity contribution is -0.119. The van der Waals surface area contributed by atoms with Gasteiger partial charge in [-0.1, -0.05) is 34.3 Å². The number of fused-ring (bicyclic) bond motifs is 1. The van der Waals surface area contributed by atoms with Gasteiger partial charge in [0, 0.05) is 22.6 Å². The number of amides is 1. The van der Waals surface area contributed by atoms with E-state index in [0.717, 1.165) is 27.2 Å². The highest BCUT2D eigenvalue weighted by Crippen LogP contribution is 2.30. The van der Waals surface area contributed by atoms with Crippen LogP contribution in [0.25, 0.3) is 10.2 Å². The average Bonchev–Trinajstić information content (AvgIpc) is 3.05. The summed E-state index contributed by atoms with van der Waals surface area (Å²) < 4.78 is 2.46. The van der Waals surface area contributed by atoms with Gasteiger partial charge in [0.1, 0.15) is 6.54 Å². The predicted molar refractivity (Wildman–Crippen MR) is 96.0 cm³/mol. The first-order chi connectivity index (χ1) is 11.0. The maximum Gasteiger partial charge on any atom is 0.307 e. The largest absolute Gasteiger partial charge is 0.307 e. The maximum absolute atomic E-state index is 12.6. The lowest BCUT2D eigenvalue weighted by Gasteiger charge is -2.18. The number of hydrogen-bond acceptors (Lipinski definition) is 5.